The van der Waals surface area contributed by atoms with E-state index in [1.54, 1.807) is 54.4 Å². The number of benzene rings is 1. The maximum absolute atomic E-state index is 14.4. The zero-order valence-electron chi connectivity index (χ0n) is 18.5. The number of Topliss-reactive ketones (excluding diaryl/α,β-unsaturated/α-hetero) is 1. The van der Waals surface area contributed by atoms with Gasteiger partial charge in [0.05, 0.1) is 12.4 Å². The Morgan fingerprint density at radius 1 is 1.30 bits per heavy atom. The number of hydrogen-bond donors (Lipinski definition) is 1. The SMILES string of the molecule is CC(=O)C1=CC([C@]2(c3cccc(-c4cccnc4F)c3)N=C(N)N(C)C2=O)CN1CCCF. The zero-order valence-corrected chi connectivity index (χ0v) is 18.5. The van der Waals surface area contributed by atoms with Crippen LogP contribution in [0, 0.1) is 11.9 Å². The number of rotatable bonds is 7. The van der Waals surface area contributed by atoms with Gasteiger partial charge in [-0.1, -0.05) is 18.2 Å². The Morgan fingerprint density at radius 3 is 2.73 bits per heavy atom. The molecule has 2 aliphatic rings. The predicted molar refractivity (Wildman–Crippen MR) is 120 cm³/mol. The summed E-state index contributed by atoms with van der Waals surface area (Å²) < 4.78 is 27.2. The molecule has 0 bridgehead atoms. The van der Waals surface area contributed by atoms with Gasteiger partial charge in [-0.05, 0) is 41.8 Å². The molecule has 2 aliphatic heterocycles. The monoisotopic (exact) mass is 453 g/mol. The minimum Gasteiger partial charge on any atom is -0.369 e. The first-order chi connectivity index (χ1) is 15.8. The van der Waals surface area contributed by atoms with Crippen molar-refractivity contribution in [2.75, 3.05) is 26.8 Å². The average Bonchev–Trinajstić information content (AvgIpc) is 3.34. The molecule has 0 spiro atoms. The lowest BCUT2D eigenvalue weighted by Crippen LogP contribution is -2.46. The lowest BCUT2D eigenvalue weighted by atomic mass is 9.77. The Bertz CT molecular complexity index is 1170. The normalized spacial score (nSPS) is 22.5. The van der Waals surface area contributed by atoms with E-state index in [-0.39, 0.29) is 24.1 Å². The molecule has 0 saturated carbocycles. The molecule has 33 heavy (non-hydrogen) atoms. The average molecular weight is 453 g/mol. The molecule has 9 heteroatoms. The van der Waals surface area contributed by atoms with E-state index in [1.807, 2.05) is 0 Å². The van der Waals surface area contributed by atoms with Crippen molar-refractivity contribution in [2.24, 2.45) is 16.6 Å². The summed E-state index contributed by atoms with van der Waals surface area (Å²) in [5.41, 5.74) is 6.42. The van der Waals surface area contributed by atoms with Gasteiger partial charge in [-0.2, -0.15) is 4.39 Å². The van der Waals surface area contributed by atoms with Crippen molar-refractivity contribution >= 4 is 17.6 Å². The summed E-state index contributed by atoms with van der Waals surface area (Å²) in [7, 11) is 1.54. The molecule has 0 aliphatic carbocycles. The fraction of sp³-hybridized carbons (Fsp3) is 0.333. The molecule has 1 amide bonds. The van der Waals surface area contributed by atoms with Gasteiger partial charge in [0, 0.05) is 44.7 Å². The summed E-state index contributed by atoms with van der Waals surface area (Å²) in [6.45, 7) is 1.58. The number of carbonyl (C=O) groups is 2. The van der Waals surface area contributed by atoms with E-state index in [4.69, 9.17) is 5.73 Å². The van der Waals surface area contributed by atoms with Crippen LogP contribution in [0.2, 0.25) is 0 Å². The highest BCUT2D eigenvalue weighted by molar-refractivity contribution is 6.07. The molecule has 7 nitrogen and oxygen atoms in total. The quantitative estimate of drug-likeness (QED) is 0.651. The van der Waals surface area contributed by atoms with Gasteiger partial charge in [-0.3, -0.25) is 18.9 Å². The van der Waals surface area contributed by atoms with Gasteiger partial charge in [-0.15, -0.1) is 0 Å². The summed E-state index contributed by atoms with van der Waals surface area (Å²) in [5, 5.41) is 0. The number of guanidine groups is 1. The standard InChI is InChI=1S/C24H25F2N5O2/c1-15(32)20-13-18(14-31(20)11-5-9-25)24(22(33)30(2)23(27)29-24)17-7-3-6-16(12-17)19-8-4-10-28-21(19)26/h3-4,6-8,10,12-13,18H,5,9,11,14H2,1-2H3,(H2,27,29)/t18?,24-/m0/s1. The van der Waals surface area contributed by atoms with Crippen molar-refractivity contribution in [3.05, 3.63) is 65.9 Å². The Labute approximate surface area is 190 Å². The largest absolute Gasteiger partial charge is 0.369 e. The van der Waals surface area contributed by atoms with Gasteiger partial charge in [0.15, 0.2) is 17.3 Å². The van der Waals surface area contributed by atoms with Crippen LogP contribution in [0.3, 0.4) is 0 Å². The zero-order chi connectivity index (χ0) is 23.8. The van der Waals surface area contributed by atoms with E-state index in [0.29, 0.717) is 35.5 Å². The number of halogens is 2. The molecule has 2 aromatic rings. The molecule has 0 saturated heterocycles. The van der Waals surface area contributed by atoms with E-state index >= 15 is 0 Å². The van der Waals surface area contributed by atoms with Gasteiger partial charge in [0.1, 0.15) is 0 Å². The number of allylic oxidation sites excluding steroid dienone is 1. The van der Waals surface area contributed by atoms with E-state index < -0.39 is 24.1 Å². The van der Waals surface area contributed by atoms with Crippen molar-refractivity contribution in [1.82, 2.24) is 14.8 Å². The summed E-state index contributed by atoms with van der Waals surface area (Å²) in [6, 6.07) is 10.1. The van der Waals surface area contributed by atoms with E-state index in [2.05, 4.69) is 9.98 Å². The van der Waals surface area contributed by atoms with E-state index in [0.717, 1.165) is 0 Å². The highest BCUT2D eigenvalue weighted by Gasteiger charge is 2.55. The molecule has 4 rings (SSSR count). The summed E-state index contributed by atoms with van der Waals surface area (Å²) in [6.07, 6.45) is 3.36. The van der Waals surface area contributed by atoms with Gasteiger partial charge in [0.2, 0.25) is 5.95 Å². The van der Waals surface area contributed by atoms with Crippen LogP contribution in [-0.2, 0) is 15.1 Å². The van der Waals surface area contributed by atoms with E-state index in [1.165, 1.54) is 18.0 Å². The lowest BCUT2D eigenvalue weighted by molar-refractivity contribution is -0.132. The molecule has 2 N–H and O–H groups in total. The van der Waals surface area contributed by atoms with Crippen LogP contribution in [0.15, 0.2) is 59.4 Å². The fourth-order valence-electron chi connectivity index (χ4n) is 4.57. The number of nitrogens with zero attached hydrogens (tertiary/aromatic N) is 4. The first kappa shape index (κ1) is 22.6. The van der Waals surface area contributed by atoms with Crippen molar-refractivity contribution < 1.29 is 18.4 Å². The molecule has 2 atom stereocenters. The Balaban J connectivity index is 1.85. The topological polar surface area (TPSA) is 91.9 Å². The maximum atomic E-state index is 14.4. The number of likely N-dealkylation sites (N-methyl/N-ethyl adjacent to an activating group) is 1. The minimum atomic E-state index is -1.43. The Kier molecular flexibility index (Phi) is 5.97. The molecular formula is C24H25F2N5O2. The second-order valence-corrected chi connectivity index (χ2v) is 8.23. The number of aromatic nitrogens is 1. The molecular weight excluding hydrogens is 428 g/mol. The molecule has 0 fully saturated rings. The first-order valence-electron chi connectivity index (χ1n) is 10.7. The Hall–Kier alpha value is -3.62. The minimum absolute atomic E-state index is 0.0537. The van der Waals surface area contributed by atoms with E-state index in [9.17, 15) is 18.4 Å². The van der Waals surface area contributed by atoms with Gasteiger partial charge in [0.25, 0.3) is 5.91 Å². The van der Waals surface area contributed by atoms with Crippen LogP contribution < -0.4 is 5.73 Å². The first-order valence-corrected chi connectivity index (χ1v) is 10.7. The number of ketones is 1. The second-order valence-electron chi connectivity index (χ2n) is 8.23. The number of nitrogens with two attached hydrogens (primary N) is 1. The number of amides is 1. The number of hydrogen-bond acceptors (Lipinski definition) is 6. The second kappa shape index (κ2) is 8.73. The molecule has 172 valence electrons. The molecule has 0 radical (unpaired) electrons. The van der Waals surface area contributed by atoms with Crippen molar-refractivity contribution in [2.45, 2.75) is 18.9 Å². The van der Waals surface area contributed by atoms with Crippen molar-refractivity contribution in [3.8, 4) is 11.1 Å². The van der Waals surface area contributed by atoms with Crippen molar-refractivity contribution in [3.63, 3.8) is 0 Å². The Morgan fingerprint density at radius 2 is 2.09 bits per heavy atom. The van der Waals surface area contributed by atoms with Crippen LogP contribution in [0.5, 0.6) is 0 Å². The number of pyridine rings is 1. The summed E-state index contributed by atoms with van der Waals surface area (Å²) in [4.78, 5) is 37.3. The molecule has 1 aromatic carbocycles. The highest BCUT2D eigenvalue weighted by atomic mass is 19.1. The molecule has 1 aromatic heterocycles. The molecule has 1 unspecified atom stereocenters. The fourth-order valence-corrected chi connectivity index (χ4v) is 4.57. The van der Waals surface area contributed by atoms with Crippen LogP contribution in [0.1, 0.15) is 18.9 Å². The highest BCUT2D eigenvalue weighted by Crippen LogP contribution is 2.44. The van der Waals surface area contributed by atoms with Gasteiger partial charge < -0.3 is 10.6 Å². The third-order valence-corrected chi connectivity index (χ3v) is 6.21. The number of aliphatic imine (C=N–C) groups is 1. The third-order valence-electron chi connectivity index (χ3n) is 6.21. The van der Waals surface area contributed by atoms with Gasteiger partial charge in [-0.25, -0.2) is 9.98 Å². The number of alkyl halides is 1. The van der Waals surface area contributed by atoms with Gasteiger partial charge >= 0.3 is 0 Å². The maximum Gasteiger partial charge on any atom is 0.262 e. The van der Waals surface area contributed by atoms with Crippen LogP contribution in [0.4, 0.5) is 8.78 Å². The lowest BCUT2D eigenvalue weighted by Gasteiger charge is -2.32. The third kappa shape index (κ3) is 3.77. The van der Waals surface area contributed by atoms with Crippen LogP contribution in [0.25, 0.3) is 11.1 Å². The molecule has 3 heterocycles. The van der Waals surface area contributed by atoms with Crippen LogP contribution >= 0.6 is 0 Å². The smallest absolute Gasteiger partial charge is 0.262 e. The van der Waals surface area contributed by atoms with Crippen LogP contribution in [-0.4, -0.2) is 59.2 Å². The van der Waals surface area contributed by atoms with Crippen molar-refractivity contribution in [1.29, 1.82) is 0 Å². The summed E-state index contributed by atoms with van der Waals surface area (Å²) in [5.74, 6) is -1.62. The summed E-state index contributed by atoms with van der Waals surface area (Å²) >= 11 is 0. The predicted octanol–water partition coefficient (Wildman–Crippen LogP) is 2.63. The number of carbonyl (C=O) groups excluding carboxylic acids is 2.